The Labute approximate surface area is 136 Å². The zero-order valence-electron chi connectivity index (χ0n) is 13.9. The van der Waals surface area contributed by atoms with Crippen molar-refractivity contribution in [3.05, 3.63) is 52.3 Å². The molecule has 23 heavy (non-hydrogen) atoms. The first-order chi connectivity index (χ1) is 11.0. The summed E-state index contributed by atoms with van der Waals surface area (Å²) >= 11 is 0. The van der Waals surface area contributed by atoms with Gasteiger partial charge < -0.3 is 15.0 Å². The Morgan fingerprint density at radius 1 is 1.26 bits per heavy atom. The first-order valence-electron chi connectivity index (χ1n) is 7.62. The predicted molar refractivity (Wildman–Crippen MR) is 89.1 cm³/mol. The second-order valence-corrected chi connectivity index (χ2v) is 5.38. The molecule has 0 aliphatic rings. The van der Waals surface area contributed by atoms with Gasteiger partial charge in [0, 0.05) is 23.4 Å². The van der Waals surface area contributed by atoms with Crippen molar-refractivity contribution in [1.82, 2.24) is 10.3 Å². The fourth-order valence-electron chi connectivity index (χ4n) is 2.81. The van der Waals surface area contributed by atoms with Crippen LogP contribution in [0.25, 0.3) is 0 Å². The fraction of sp³-hybridized carbons (Fsp3) is 0.333. The smallest absolute Gasteiger partial charge is 0.268 e. The maximum Gasteiger partial charge on any atom is 0.268 e. The number of aromatic nitrogens is 1. The average Bonchev–Trinajstić information content (AvgIpc) is 2.89. The molecule has 122 valence electrons. The molecule has 0 saturated heterocycles. The van der Waals surface area contributed by atoms with E-state index in [1.807, 2.05) is 38.1 Å². The van der Waals surface area contributed by atoms with Gasteiger partial charge in [-0.1, -0.05) is 25.1 Å². The summed E-state index contributed by atoms with van der Waals surface area (Å²) in [7, 11) is 1.60. The lowest BCUT2D eigenvalue weighted by Crippen LogP contribution is -2.24. The van der Waals surface area contributed by atoms with E-state index in [1.165, 1.54) is 6.92 Å². The molecule has 5 nitrogen and oxygen atoms in total. The number of H-pyrrole nitrogens is 1. The van der Waals surface area contributed by atoms with E-state index in [2.05, 4.69) is 10.3 Å². The van der Waals surface area contributed by atoms with Crippen LogP contribution in [0.5, 0.6) is 5.75 Å². The maximum absolute atomic E-state index is 12.5. The Morgan fingerprint density at radius 2 is 1.96 bits per heavy atom. The van der Waals surface area contributed by atoms with Gasteiger partial charge >= 0.3 is 0 Å². The number of carbonyl (C=O) groups excluding carboxylic acids is 2. The largest absolute Gasteiger partial charge is 0.496 e. The van der Waals surface area contributed by atoms with E-state index in [4.69, 9.17) is 4.74 Å². The first-order valence-corrected chi connectivity index (χ1v) is 7.62. The third kappa shape index (κ3) is 3.44. The van der Waals surface area contributed by atoms with Crippen molar-refractivity contribution in [2.24, 2.45) is 0 Å². The van der Waals surface area contributed by atoms with Crippen molar-refractivity contribution >= 4 is 11.7 Å². The Morgan fingerprint density at radius 3 is 2.57 bits per heavy atom. The molecule has 0 aliphatic heterocycles. The number of amides is 1. The number of aryl methyl sites for hydroxylation is 1. The quantitative estimate of drug-likeness (QED) is 0.805. The van der Waals surface area contributed by atoms with Gasteiger partial charge in [0.1, 0.15) is 11.4 Å². The molecule has 1 heterocycles. The molecular formula is C18H22N2O3. The van der Waals surface area contributed by atoms with E-state index >= 15 is 0 Å². The lowest BCUT2D eigenvalue weighted by atomic mass is 10.0. The minimum atomic E-state index is -0.219. The number of hydrogen-bond donors (Lipinski definition) is 2. The second kappa shape index (κ2) is 7.13. The molecule has 1 aromatic heterocycles. The van der Waals surface area contributed by atoms with E-state index in [0.29, 0.717) is 24.2 Å². The highest BCUT2D eigenvalue weighted by Crippen LogP contribution is 2.21. The van der Waals surface area contributed by atoms with Crippen LogP contribution in [0, 0.1) is 6.92 Å². The molecule has 5 heteroatoms. The minimum absolute atomic E-state index is 0.0284. The van der Waals surface area contributed by atoms with Gasteiger partial charge in [0.15, 0.2) is 5.78 Å². The van der Waals surface area contributed by atoms with E-state index in [9.17, 15) is 9.59 Å². The molecule has 1 amide bonds. The molecule has 0 unspecified atom stereocenters. The maximum atomic E-state index is 12.5. The van der Waals surface area contributed by atoms with Crippen LogP contribution in [0.1, 0.15) is 51.5 Å². The number of ketones is 1. The minimum Gasteiger partial charge on any atom is -0.496 e. The molecule has 0 fully saturated rings. The molecule has 0 bridgehead atoms. The number of Topliss-reactive ketones (excluding diaryl/α,β-unsaturated/α-hetero) is 1. The number of carbonyl (C=O) groups is 2. The van der Waals surface area contributed by atoms with Crippen LogP contribution in [0.4, 0.5) is 0 Å². The standard InChI is InChI=1S/C18H22N2O3/c1-5-14-16(12(3)21)11(2)20-17(14)18(22)19-10-13-8-6-7-9-15(13)23-4/h6-9,20H,5,10H2,1-4H3,(H,19,22). The summed E-state index contributed by atoms with van der Waals surface area (Å²) in [6.07, 6.45) is 0.622. The monoisotopic (exact) mass is 314 g/mol. The summed E-state index contributed by atoms with van der Waals surface area (Å²) < 4.78 is 5.28. The summed E-state index contributed by atoms with van der Waals surface area (Å²) in [4.78, 5) is 27.3. The molecule has 0 aliphatic carbocycles. The predicted octanol–water partition coefficient (Wildman–Crippen LogP) is 3.03. The highest BCUT2D eigenvalue weighted by molar-refractivity contribution is 6.02. The van der Waals surface area contributed by atoms with Gasteiger partial charge in [-0.25, -0.2) is 0 Å². The van der Waals surface area contributed by atoms with Crippen LogP contribution in [0.3, 0.4) is 0 Å². The number of rotatable bonds is 6. The molecule has 2 aromatic rings. The molecule has 1 aromatic carbocycles. The number of aromatic amines is 1. The number of para-hydroxylation sites is 1. The Kier molecular flexibility index (Phi) is 5.21. The summed E-state index contributed by atoms with van der Waals surface area (Å²) in [6.45, 7) is 5.63. The van der Waals surface area contributed by atoms with Crippen LogP contribution in [-0.4, -0.2) is 23.8 Å². The van der Waals surface area contributed by atoms with Gasteiger partial charge in [0.25, 0.3) is 5.91 Å². The van der Waals surface area contributed by atoms with Crippen LogP contribution >= 0.6 is 0 Å². The normalized spacial score (nSPS) is 10.4. The molecule has 0 saturated carbocycles. The Bertz CT molecular complexity index is 732. The van der Waals surface area contributed by atoms with Crippen molar-refractivity contribution in [3.8, 4) is 5.75 Å². The molecule has 2 rings (SSSR count). The highest BCUT2D eigenvalue weighted by Gasteiger charge is 2.21. The first kappa shape index (κ1) is 16.8. The van der Waals surface area contributed by atoms with Gasteiger partial charge in [-0.15, -0.1) is 0 Å². The van der Waals surface area contributed by atoms with E-state index in [1.54, 1.807) is 7.11 Å². The van der Waals surface area contributed by atoms with Gasteiger partial charge in [0.2, 0.25) is 0 Å². The molecular weight excluding hydrogens is 292 g/mol. The van der Waals surface area contributed by atoms with Crippen molar-refractivity contribution < 1.29 is 14.3 Å². The SMILES string of the molecule is CCc1c(C(=O)NCc2ccccc2OC)[nH]c(C)c1C(C)=O. The number of ether oxygens (including phenoxy) is 1. The number of hydrogen-bond acceptors (Lipinski definition) is 3. The van der Waals surface area contributed by atoms with Crippen molar-refractivity contribution in [2.75, 3.05) is 7.11 Å². The number of nitrogens with one attached hydrogen (secondary N) is 2. The van der Waals surface area contributed by atoms with E-state index < -0.39 is 0 Å². The zero-order chi connectivity index (χ0) is 17.0. The molecule has 0 radical (unpaired) electrons. The van der Waals surface area contributed by atoms with Crippen LogP contribution < -0.4 is 10.1 Å². The van der Waals surface area contributed by atoms with Crippen LogP contribution in [0.2, 0.25) is 0 Å². The van der Waals surface area contributed by atoms with Crippen molar-refractivity contribution in [1.29, 1.82) is 0 Å². The van der Waals surface area contributed by atoms with Crippen LogP contribution in [-0.2, 0) is 13.0 Å². The van der Waals surface area contributed by atoms with Gasteiger partial charge in [-0.05, 0) is 31.9 Å². The zero-order valence-corrected chi connectivity index (χ0v) is 13.9. The summed E-state index contributed by atoms with van der Waals surface area (Å²) in [5, 5.41) is 2.88. The number of benzene rings is 1. The summed E-state index contributed by atoms with van der Waals surface area (Å²) in [5.41, 5.74) is 3.49. The van der Waals surface area contributed by atoms with Crippen molar-refractivity contribution in [3.63, 3.8) is 0 Å². The fourth-order valence-corrected chi connectivity index (χ4v) is 2.81. The summed E-state index contributed by atoms with van der Waals surface area (Å²) in [6, 6.07) is 7.54. The van der Waals surface area contributed by atoms with Crippen molar-refractivity contribution in [2.45, 2.75) is 33.7 Å². The Balaban J connectivity index is 2.21. The summed E-state index contributed by atoms with van der Waals surface area (Å²) in [5.74, 6) is 0.485. The van der Waals surface area contributed by atoms with Crippen LogP contribution in [0.15, 0.2) is 24.3 Å². The lowest BCUT2D eigenvalue weighted by molar-refractivity contribution is 0.0945. The molecule has 0 spiro atoms. The topological polar surface area (TPSA) is 71.2 Å². The number of methoxy groups -OCH3 is 1. The highest BCUT2D eigenvalue weighted by atomic mass is 16.5. The van der Waals surface area contributed by atoms with Gasteiger partial charge in [-0.3, -0.25) is 9.59 Å². The van der Waals surface area contributed by atoms with Gasteiger partial charge in [0.05, 0.1) is 7.11 Å². The third-order valence-electron chi connectivity index (χ3n) is 3.86. The van der Waals surface area contributed by atoms with Gasteiger partial charge in [-0.2, -0.15) is 0 Å². The van der Waals surface area contributed by atoms with E-state index in [0.717, 1.165) is 22.6 Å². The molecule has 2 N–H and O–H groups in total. The average molecular weight is 314 g/mol. The Hall–Kier alpha value is -2.56. The molecule has 0 atom stereocenters. The lowest BCUT2D eigenvalue weighted by Gasteiger charge is -2.10. The third-order valence-corrected chi connectivity index (χ3v) is 3.86. The second-order valence-electron chi connectivity index (χ2n) is 5.38. The van der Waals surface area contributed by atoms with E-state index in [-0.39, 0.29) is 11.7 Å².